The van der Waals surface area contributed by atoms with Gasteiger partial charge in [0.05, 0.1) is 0 Å². The Hall–Kier alpha value is -1.19. The van der Waals surface area contributed by atoms with E-state index in [1.54, 1.807) is 0 Å². The van der Waals surface area contributed by atoms with Crippen LogP contribution in [0.2, 0.25) is 5.02 Å². The molecule has 2 aliphatic carbocycles. The summed E-state index contributed by atoms with van der Waals surface area (Å²) in [4.78, 5) is 0. The Kier molecular flexibility index (Phi) is 9.01. The van der Waals surface area contributed by atoms with E-state index in [-0.39, 0.29) is 0 Å². The molecule has 0 atom stereocenters. The maximum Gasteiger partial charge on any atom is 0.0406 e. The lowest BCUT2D eigenvalue weighted by Gasteiger charge is -2.31. The Morgan fingerprint density at radius 3 is 1.93 bits per heavy atom. The molecule has 0 aliphatic heterocycles. The lowest BCUT2D eigenvalue weighted by Crippen LogP contribution is -2.17. The normalized spacial score (nSPS) is 28.1. The first-order valence-electron chi connectivity index (χ1n) is 11.7. The molecule has 2 aliphatic rings. The van der Waals surface area contributed by atoms with Gasteiger partial charge in [-0.05, 0) is 79.7 Å². The average Bonchev–Trinajstić information content (AvgIpc) is 2.73. The third-order valence-corrected chi connectivity index (χ3v) is 7.30. The molecule has 2 saturated carbocycles. The van der Waals surface area contributed by atoms with Crippen molar-refractivity contribution in [2.24, 2.45) is 23.7 Å². The summed E-state index contributed by atoms with van der Waals surface area (Å²) in [6, 6.07) is 7.75. The van der Waals surface area contributed by atoms with Crippen LogP contribution in [0.4, 0.5) is 0 Å². The zero-order chi connectivity index (χ0) is 19.6. The predicted molar refractivity (Wildman–Crippen MR) is 123 cm³/mol. The topological polar surface area (TPSA) is 0 Å². The van der Waals surface area contributed by atoms with Gasteiger partial charge < -0.3 is 0 Å². The highest BCUT2D eigenvalue weighted by molar-refractivity contribution is 6.30. The van der Waals surface area contributed by atoms with Crippen molar-refractivity contribution >= 4 is 11.6 Å². The van der Waals surface area contributed by atoms with Crippen LogP contribution in [0.15, 0.2) is 36.4 Å². The van der Waals surface area contributed by atoms with E-state index in [9.17, 15) is 0 Å². The van der Waals surface area contributed by atoms with Gasteiger partial charge in [-0.2, -0.15) is 0 Å². The van der Waals surface area contributed by atoms with Crippen molar-refractivity contribution in [1.29, 1.82) is 0 Å². The van der Waals surface area contributed by atoms with E-state index in [2.05, 4.69) is 30.9 Å². The summed E-state index contributed by atoms with van der Waals surface area (Å²) in [5, 5.41) is 0.766. The predicted octanol–water partition coefficient (Wildman–Crippen LogP) is 8.44. The molecule has 28 heavy (non-hydrogen) atoms. The molecule has 2 fully saturated rings. The van der Waals surface area contributed by atoms with Gasteiger partial charge in [-0.3, -0.25) is 0 Å². The van der Waals surface area contributed by atoms with Gasteiger partial charge in [-0.15, -0.1) is 0 Å². The second-order valence-corrected chi connectivity index (χ2v) is 9.61. The van der Waals surface area contributed by atoms with Crippen molar-refractivity contribution in [1.82, 2.24) is 0 Å². The second-order valence-electron chi connectivity index (χ2n) is 9.17. The molecule has 0 bridgehead atoms. The van der Waals surface area contributed by atoms with E-state index in [0.29, 0.717) is 0 Å². The molecule has 0 unspecified atom stereocenters. The molecule has 152 valence electrons. The highest BCUT2D eigenvalue weighted by atomic mass is 35.5. The van der Waals surface area contributed by atoms with E-state index in [0.717, 1.165) is 34.3 Å². The van der Waals surface area contributed by atoms with E-state index in [1.165, 1.54) is 77.0 Å². The smallest absolute Gasteiger partial charge is 0.0406 e. The Morgan fingerprint density at radius 1 is 0.821 bits per heavy atom. The number of halogens is 1. The quantitative estimate of drug-likeness (QED) is 0.423. The molecule has 0 amide bonds. The van der Waals surface area contributed by atoms with Gasteiger partial charge >= 0.3 is 0 Å². The summed E-state index contributed by atoms with van der Waals surface area (Å²) in [5.41, 5.74) is 1.03. The van der Waals surface area contributed by atoms with Crippen LogP contribution in [0.3, 0.4) is 0 Å². The maximum absolute atomic E-state index is 5.91. The average molecular weight is 397 g/mol. The van der Waals surface area contributed by atoms with Gasteiger partial charge in [-0.25, -0.2) is 0 Å². The number of hydrogen-bond donors (Lipinski definition) is 0. The number of allylic oxidation sites excluding steroid dienone is 2. The van der Waals surface area contributed by atoms with E-state index in [4.69, 9.17) is 11.6 Å². The molecule has 1 aromatic carbocycles. The SMILES string of the molecule is CCCC1CCC(CCC2CCC(C=CC#Cc3ccc(Cl)cc3)CC2)CC1. The lowest BCUT2D eigenvalue weighted by molar-refractivity contribution is 0.221. The summed E-state index contributed by atoms with van der Waals surface area (Å²) in [6.07, 6.45) is 21.8. The summed E-state index contributed by atoms with van der Waals surface area (Å²) in [7, 11) is 0. The molecule has 0 saturated heterocycles. The van der Waals surface area contributed by atoms with E-state index in [1.807, 2.05) is 24.3 Å². The third kappa shape index (κ3) is 7.33. The van der Waals surface area contributed by atoms with Crippen LogP contribution in [0.25, 0.3) is 0 Å². The fraction of sp³-hybridized carbons (Fsp3) is 0.630. The number of rotatable bonds is 6. The van der Waals surface area contributed by atoms with Crippen molar-refractivity contribution in [3.05, 3.63) is 47.0 Å². The molecule has 0 heterocycles. The van der Waals surface area contributed by atoms with Crippen LogP contribution in [0.5, 0.6) is 0 Å². The molecule has 0 N–H and O–H groups in total. The largest absolute Gasteiger partial charge is 0.0843 e. The van der Waals surface area contributed by atoms with E-state index >= 15 is 0 Å². The number of hydrogen-bond acceptors (Lipinski definition) is 0. The zero-order valence-corrected chi connectivity index (χ0v) is 18.4. The van der Waals surface area contributed by atoms with Crippen molar-refractivity contribution in [2.45, 2.75) is 84.0 Å². The Bertz CT molecular complexity index is 644. The zero-order valence-electron chi connectivity index (χ0n) is 17.6. The van der Waals surface area contributed by atoms with Crippen LogP contribution in [0.1, 0.15) is 89.5 Å². The Labute approximate surface area is 178 Å². The van der Waals surface area contributed by atoms with Crippen LogP contribution in [-0.4, -0.2) is 0 Å². The van der Waals surface area contributed by atoms with Crippen LogP contribution < -0.4 is 0 Å². The van der Waals surface area contributed by atoms with E-state index < -0.39 is 0 Å². The third-order valence-electron chi connectivity index (χ3n) is 7.05. The minimum atomic E-state index is 0.736. The fourth-order valence-electron chi connectivity index (χ4n) is 5.20. The van der Waals surface area contributed by atoms with Gasteiger partial charge in [-0.1, -0.05) is 87.8 Å². The summed E-state index contributed by atoms with van der Waals surface area (Å²) in [6.45, 7) is 2.34. The van der Waals surface area contributed by atoms with Crippen LogP contribution >= 0.6 is 11.6 Å². The molecule has 0 radical (unpaired) electrons. The molecule has 0 aromatic heterocycles. The van der Waals surface area contributed by atoms with Gasteiger partial charge in [0.25, 0.3) is 0 Å². The molecule has 1 heteroatoms. The van der Waals surface area contributed by atoms with Crippen LogP contribution in [0, 0.1) is 35.5 Å². The second kappa shape index (κ2) is 11.7. The van der Waals surface area contributed by atoms with Crippen molar-refractivity contribution < 1.29 is 0 Å². The van der Waals surface area contributed by atoms with Crippen LogP contribution in [-0.2, 0) is 0 Å². The Balaban J connectivity index is 1.31. The molecule has 3 rings (SSSR count). The highest BCUT2D eigenvalue weighted by Crippen LogP contribution is 2.37. The molecular formula is C27H37Cl. The van der Waals surface area contributed by atoms with Gasteiger partial charge in [0.1, 0.15) is 0 Å². The van der Waals surface area contributed by atoms with Crippen molar-refractivity contribution in [3.8, 4) is 11.8 Å². The maximum atomic E-state index is 5.91. The monoisotopic (exact) mass is 396 g/mol. The molecule has 1 aromatic rings. The van der Waals surface area contributed by atoms with Gasteiger partial charge in [0.15, 0.2) is 0 Å². The first kappa shape index (κ1) is 21.5. The molecular weight excluding hydrogens is 360 g/mol. The summed E-state index contributed by atoms with van der Waals surface area (Å²) in [5.74, 6) is 10.2. The Morgan fingerprint density at radius 2 is 1.36 bits per heavy atom. The standard InChI is InChI=1S/C27H37Cl/c1-2-5-22-8-12-25(13-9-22)16-17-26-14-10-23(11-15-26)6-3-4-7-24-18-20-27(28)21-19-24/h3,6,18-23,25-26H,2,5,8-17H2,1H3. The minimum absolute atomic E-state index is 0.736. The molecule has 0 nitrogen and oxygen atoms in total. The van der Waals surface area contributed by atoms with Crippen molar-refractivity contribution in [2.75, 3.05) is 0 Å². The first-order chi connectivity index (χ1) is 13.7. The lowest BCUT2D eigenvalue weighted by atomic mass is 9.75. The van der Waals surface area contributed by atoms with Gasteiger partial charge in [0.2, 0.25) is 0 Å². The van der Waals surface area contributed by atoms with Gasteiger partial charge in [0, 0.05) is 10.6 Å². The fourth-order valence-corrected chi connectivity index (χ4v) is 5.33. The minimum Gasteiger partial charge on any atom is -0.0843 e. The number of benzene rings is 1. The first-order valence-corrected chi connectivity index (χ1v) is 12.0. The summed E-state index contributed by atoms with van der Waals surface area (Å²) >= 11 is 5.91. The van der Waals surface area contributed by atoms with Crippen molar-refractivity contribution in [3.63, 3.8) is 0 Å². The highest BCUT2D eigenvalue weighted by Gasteiger charge is 2.23. The molecule has 0 spiro atoms. The summed E-state index contributed by atoms with van der Waals surface area (Å²) < 4.78 is 0.